The largest absolute Gasteiger partial charge is 0.452 e. The molecule has 0 unspecified atom stereocenters. The van der Waals surface area contributed by atoms with Crippen LogP contribution in [0.5, 0.6) is 5.75 Å². The van der Waals surface area contributed by atoms with Crippen molar-refractivity contribution in [2.24, 2.45) is 0 Å². The Morgan fingerprint density at radius 1 is 1.05 bits per heavy atom. The summed E-state index contributed by atoms with van der Waals surface area (Å²) in [5.74, 6) is -1.79. The molecule has 0 bridgehead atoms. The average Bonchev–Trinajstić information content (AvgIpc) is 2.96. The third kappa shape index (κ3) is 5.60. The van der Waals surface area contributed by atoms with E-state index >= 15 is 4.39 Å². The molecule has 2 aromatic carbocycles. The Hall–Kier alpha value is -5.64. The van der Waals surface area contributed by atoms with E-state index in [1.165, 1.54) is 65.4 Å². The summed E-state index contributed by atoms with van der Waals surface area (Å²) in [6.45, 7) is 0. The van der Waals surface area contributed by atoms with Crippen molar-refractivity contribution >= 4 is 23.4 Å². The number of halogens is 2. The van der Waals surface area contributed by atoms with E-state index < -0.39 is 23.1 Å². The van der Waals surface area contributed by atoms with E-state index in [0.29, 0.717) is 11.4 Å². The normalized spacial score (nSPS) is 13.6. The van der Waals surface area contributed by atoms with Crippen molar-refractivity contribution in [2.45, 2.75) is 0 Å². The number of ether oxygens (including phenoxy) is 1. The fourth-order valence-corrected chi connectivity index (χ4v) is 3.95. The molecule has 1 amide bonds. The van der Waals surface area contributed by atoms with E-state index in [9.17, 15) is 14.0 Å². The molecule has 0 saturated heterocycles. The summed E-state index contributed by atoms with van der Waals surface area (Å²) in [6.07, 6.45) is 10.7. The van der Waals surface area contributed by atoms with Crippen LogP contribution in [-0.4, -0.2) is 21.7 Å². The van der Waals surface area contributed by atoms with Crippen molar-refractivity contribution in [1.82, 2.24) is 14.9 Å². The maximum absolute atomic E-state index is 15.1. The van der Waals surface area contributed by atoms with Crippen LogP contribution >= 0.6 is 0 Å². The Kier molecular flexibility index (Phi) is 7.41. The SMILES string of the molecule is N=C/C=C1\NC=C(c2ccncc2)C=C1Oc1ccc(NC(=O)c2cccn(-c3ccc(F)cc3)c2=O)cc1F. The molecule has 1 aliphatic heterocycles. The number of nitrogens with one attached hydrogen (secondary N) is 3. The van der Waals surface area contributed by atoms with Gasteiger partial charge in [-0.2, -0.15) is 0 Å². The van der Waals surface area contributed by atoms with Gasteiger partial charge in [-0.15, -0.1) is 0 Å². The Morgan fingerprint density at radius 2 is 1.82 bits per heavy atom. The number of carbonyl (C=O) groups excluding carboxylic acids is 1. The Bertz CT molecular complexity index is 1740. The van der Waals surface area contributed by atoms with Crippen LogP contribution in [0.1, 0.15) is 15.9 Å². The summed E-state index contributed by atoms with van der Waals surface area (Å²) >= 11 is 0. The fraction of sp³-hybridized carbons (Fsp3) is 0. The molecular formula is C30H21F2N5O3. The third-order valence-corrected chi connectivity index (χ3v) is 5.91. The number of benzene rings is 2. The molecule has 8 nitrogen and oxygen atoms in total. The number of pyridine rings is 2. The maximum Gasteiger partial charge on any atom is 0.267 e. The van der Waals surface area contributed by atoms with Crippen molar-refractivity contribution in [3.8, 4) is 11.4 Å². The van der Waals surface area contributed by atoms with Gasteiger partial charge in [0, 0.05) is 54.0 Å². The number of anilines is 1. The predicted octanol–water partition coefficient (Wildman–Crippen LogP) is 5.20. The molecule has 1 aliphatic rings. The number of hydrogen-bond donors (Lipinski definition) is 3. The second-order valence-corrected chi connectivity index (χ2v) is 8.51. The van der Waals surface area contributed by atoms with Gasteiger partial charge in [0.2, 0.25) is 0 Å². The van der Waals surface area contributed by atoms with Gasteiger partial charge in [-0.05, 0) is 78.4 Å². The van der Waals surface area contributed by atoms with Crippen molar-refractivity contribution in [1.29, 1.82) is 5.41 Å². The lowest BCUT2D eigenvalue weighted by Crippen LogP contribution is -2.27. The van der Waals surface area contributed by atoms with Gasteiger partial charge in [0.1, 0.15) is 11.4 Å². The van der Waals surface area contributed by atoms with E-state index in [4.69, 9.17) is 10.1 Å². The smallest absolute Gasteiger partial charge is 0.267 e. The van der Waals surface area contributed by atoms with E-state index in [1.54, 1.807) is 24.7 Å². The van der Waals surface area contributed by atoms with Gasteiger partial charge in [0.15, 0.2) is 17.3 Å². The van der Waals surface area contributed by atoms with Gasteiger partial charge in [0.05, 0.1) is 5.70 Å². The second-order valence-electron chi connectivity index (χ2n) is 8.51. The highest BCUT2D eigenvalue weighted by Crippen LogP contribution is 2.29. The number of dihydropyridines is 1. The van der Waals surface area contributed by atoms with Crippen molar-refractivity contribution in [3.63, 3.8) is 0 Å². The van der Waals surface area contributed by atoms with E-state index in [2.05, 4.69) is 15.6 Å². The van der Waals surface area contributed by atoms with Crippen LogP contribution in [-0.2, 0) is 0 Å². The minimum atomic E-state index is -0.760. The molecule has 0 radical (unpaired) electrons. The van der Waals surface area contributed by atoms with Crippen LogP contribution in [0.4, 0.5) is 14.5 Å². The fourth-order valence-electron chi connectivity index (χ4n) is 3.95. The number of rotatable bonds is 7. The first-order valence-electron chi connectivity index (χ1n) is 12.0. The number of nitrogens with zero attached hydrogens (tertiary/aromatic N) is 2. The van der Waals surface area contributed by atoms with Crippen molar-refractivity contribution < 1.29 is 18.3 Å². The molecular weight excluding hydrogens is 516 g/mol. The molecule has 0 aliphatic carbocycles. The quantitative estimate of drug-likeness (QED) is 0.281. The minimum Gasteiger partial charge on any atom is -0.452 e. The van der Waals surface area contributed by atoms with Gasteiger partial charge >= 0.3 is 0 Å². The highest BCUT2D eigenvalue weighted by molar-refractivity contribution is 6.04. The monoisotopic (exact) mass is 537 g/mol. The summed E-state index contributed by atoms with van der Waals surface area (Å²) in [4.78, 5) is 29.8. The van der Waals surface area contributed by atoms with Crippen LogP contribution in [0, 0.1) is 17.0 Å². The molecule has 0 fully saturated rings. The molecule has 0 atom stereocenters. The van der Waals surface area contributed by atoms with Gasteiger partial charge in [0.25, 0.3) is 11.5 Å². The summed E-state index contributed by atoms with van der Waals surface area (Å²) in [7, 11) is 0. The number of amides is 1. The molecule has 5 rings (SSSR count). The summed E-state index contributed by atoms with van der Waals surface area (Å²) in [5.41, 5.74) is 1.77. The Morgan fingerprint density at radius 3 is 2.55 bits per heavy atom. The number of hydrogen-bond acceptors (Lipinski definition) is 6. The molecule has 0 saturated carbocycles. The third-order valence-electron chi connectivity index (χ3n) is 5.91. The highest BCUT2D eigenvalue weighted by atomic mass is 19.1. The lowest BCUT2D eigenvalue weighted by molar-refractivity contribution is 0.102. The van der Waals surface area contributed by atoms with Gasteiger partial charge in [-0.1, -0.05) is 0 Å². The summed E-state index contributed by atoms with van der Waals surface area (Å²) in [6, 6.07) is 15.6. The van der Waals surface area contributed by atoms with Crippen LogP contribution in [0.25, 0.3) is 11.3 Å². The summed E-state index contributed by atoms with van der Waals surface area (Å²) in [5, 5.41) is 13.0. The molecule has 10 heteroatoms. The zero-order chi connectivity index (χ0) is 28.1. The predicted molar refractivity (Wildman–Crippen MR) is 147 cm³/mol. The molecule has 0 spiro atoms. The van der Waals surface area contributed by atoms with Crippen molar-refractivity contribution in [2.75, 3.05) is 5.32 Å². The topological polar surface area (TPSA) is 109 Å². The highest BCUT2D eigenvalue weighted by Gasteiger charge is 2.18. The average molecular weight is 538 g/mol. The van der Waals surface area contributed by atoms with Crippen molar-refractivity contribution in [3.05, 3.63) is 148 Å². The number of carbonyl (C=O) groups is 1. The van der Waals surface area contributed by atoms with Crippen LogP contribution in [0.2, 0.25) is 0 Å². The first-order chi connectivity index (χ1) is 19.4. The molecule has 3 N–H and O–H groups in total. The van der Waals surface area contributed by atoms with Gasteiger partial charge in [-0.25, -0.2) is 8.78 Å². The first-order valence-corrected chi connectivity index (χ1v) is 12.0. The lowest BCUT2D eigenvalue weighted by atomic mass is 10.0. The molecule has 40 heavy (non-hydrogen) atoms. The molecule has 2 aromatic heterocycles. The molecule has 198 valence electrons. The Balaban J connectivity index is 1.36. The number of allylic oxidation sites excluding steroid dienone is 3. The second kappa shape index (κ2) is 11.4. The van der Waals surface area contributed by atoms with E-state index in [0.717, 1.165) is 23.4 Å². The lowest BCUT2D eigenvalue weighted by Gasteiger charge is -2.19. The van der Waals surface area contributed by atoms with Gasteiger partial charge < -0.3 is 20.8 Å². The van der Waals surface area contributed by atoms with Crippen LogP contribution < -0.4 is 20.9 Å². The molecule has 3 heterocycles. The zero-order valence-corrected chi connectivity index (χ0v) is 20.8. The van der Waals surface area contributed by atoms with Gasteiger partial charge in [-0.3, -0.25) is 19.1 Å². The Labute approximate surface area is 227 Å². The molecule has 4 aromatic rings. The van der Waals surface area contributed by atoms with E-state index in [1.807, 2.05) is 12.1 Å². The maximum atomic E-state index is 15.1. The summed E-state index contributed by atoms with van der Waals surface area (Å²) < 4.78 is 35.4. The van der Waals surface area contributed by atoms with E-state index in [-0.39, 0.29) is 22.8 Å². The minimum absolute atomic E-state index is 0.106. The van der Waals surface area contributed by atoms with Crippen LogP contribution in [0.15, 0.2) is 120 Å². The first kappa shape index (κ1) is 26.0. The van der Waals surface area contributed by atoms with Crippen LogP contribution in [0.3, 0.4) is 0 Å². The zero-order valence-electron chi connectivity index (χ0n) is 20.8. The standard InChI is InChI=1S/C30H21F2N5O3/c31-21-3-6-23(7-4-21)37-15-1-2-24(30(37)39)29(38)36-22-5-8-27(25(32)17-22)40-28-16-20(18-35-26(28)9-12-33)19-10-13-34-14-11-19/h1-18,33,35H,(H,36,38)/b26-9-,33-12?. The number of aromatic nitrogens is 2.